The lowest BCUT2D eigenvalue weighted by Gasteiger charge is -2.29. The van der Waals surface area contributed by atoms with E-state index < -0.39 is 0 Å². The van der Waals surface area contributed by atoms with Crippen LogP contribution in [0.3, 0.4) is 0 Å². The monoisotopic (exact) mass is 536 g/mol. The summed E-state index contributed by atoms with van der Waals surface area (Å²) in [4.78, 5) is 13.8. The number of nitrogens with zero attached hydrogens (tertiary/aromatic N) is 4. The lowest BCUT2D eigenvalue weighted by Crippen LogP contribution is -2.44. The number of nitrogens with one attached hydrogen (secondary N) is 2. The highest BCUT2D eigenvalue weighted by Crippen LogP contribution is 2.25. The summed E-state index contributed by atoms with van der Waals surface area (Å²) < 4.78 is 0. The summed E-state index contributed by atoms with van der Waals surface area (Å²) in [6.07, 6.45) is 5.54. The number of pyridine rings is 1. The first kappa shape index (κ1) is 24.4. The van der Waals surface area contributed by atoms with Gasteiger partial charge in [0, 0.05) is 51.5 Å². The van der Waals surface area contributed by atoms with Crippen LogP contribution in [0.1, 0.15) is 32.6 Å². The molecule has 0 radical (unpaired) electrons. The highest BCUT2D eigenvalue weighted by Gasteiger charge is 2.25. The maximum Gasteiger partial charge on any atom is 0.191 e. The second-order valence-electron chi connectivity index (χ2n) is 7.57. The summed E-state index contributed by atoms with van der Waals surface area (Å²) in [5.74, 6) is 1.75. The molecule has 2 aliphatic rings. The van der Waals surface area contributed by atoms with Crippen molar-refractivity contribution in [2.75, 3.05) is 50.7 Å². The number of piperidine rings is 1. The standard InChI is InChI=1S/C20H33ClN6O.HI/c1-2-22-20(24-10-4-11-26-12-7-17(28)8-13-26)25-16-6-14-27(15-16)19-18(21)5-3-9-23-19;/h3,5,9,16-17,28H,2,4,6-8,10-15H2,1H3,(H2,22,24,25);1H. The molecule has 2 saturated heterocycles. The number of aliphatic hydroxyl groups is 1. The van der Waals surface area contributed by atoms with Crippen molar-refractivity contribution < 1.29 is 5.11 Å². The van der Waals surface area contributed by atoms with Crippen LogP contribution in [0.2, 0.25) is 5.02 Å². The molecular formula is C20H34ClIN6O. The highest BCUT2D eigenvalue weighted by atomic mass is 127. The molecule has 164 valence electrons. The van der Waals surface area contributed by atoms with E-state index in [-0.39, 0.29) is 30.1 Å². The first-order valence-electron chi connectivity index (χ1n) is 10.5. The number of aromatic nitrogens is 1. The van der Waals surface area contributed by atoms with Gasteiger partial charge in [-0.25, -0.2) is 4.98 Å². The summed E-state index contributed by atoms with van der Waals surface area (Å²) in [7, 11) is 0. The molecule has 7 nitrogen and oxygen atoms in total. The number of aliphatic hydroxyl groups excluding tert-OH is 1. The van der Waals surface area contributed by atoms with Crippen LogP contribution in [0.25, 0.3) is 0 Å². The largest absolute Gasteiger partial charge is 0.393 e. The Morgan fingerprint density at radius 3 is 2.83 bits per heavy atom. The van der Waals surface area contributed by atoms with E-state index in [0.717, 1.165) is 83.3 Å². The number of aliphatic imine (C=N–C) groups is 1. The summed E-state index contributed by atoms with van der Waals surface area (Å²) in [6, 6.07) is 4.08. The van der Waals surface area contributed by atoms with Crippen LogP contribution in [0.4, 0.5) is 5.82 Å². The Morgan fingerprint density at radius 1 is 1.31 bits per heavy atom. The van der Waals surface area contributed by atoms with E-state index >= 15 is 0 Å². The molecule has 2 aliphatic heterocycles. The Bertz CT molecular complexity index is 641. The molecule has 0 aromatic carbocycles. The van der Waals surface area contributed by atoms with Crippen LogP contribution in [0.5, 0.6) is 0 Å². The van der Waals surface area contributed by atoms with Gasteiger partial charge in [0.1, 0.15) is 5.82 Å². The number of rotatable bonds is 7. The van der Waals surface area contributed by atoms with Crippen LogP contribution in [-0.4, -0.2) is 78.9 Å². The first-order valence-corrected chi connectivity index (χ1v) is 10.8. The van der Waals surface area contributed by atoms with Gasteiger partial charge in [-0.2, -0.15) is 0 Å². The molecule has 1 aromatic rings. The Hall–Kier alpha value is -0.840. The van der Waals surface area contributed by atoms with Gasteiger partial charge in [0.2, 0.25) is 0 Å². The predicted molar refractivity (Wildman–Crippen MR) is 131 cm³/mol. The first-order chi connectivity index (χ1) is 13.7. The van der Waals surface area contributed by atoms with E-state index in [4.69, 9.17) is 16.6 Å². The van der Waals surface area contributed by atoms with Gasteiger partial charge in [-0.3, -0.25) is 4.99 Å². The van der Waals surface area contributed by atoms with Gasteiger partial charge in [0.05, 0.1) is 11.1 Å². The average molecular weight is 537 g/mol. The van der Waals surface area contributed by atoms with E-state index in [0.29, 0.717) is 11.1 Å². The Morgan fingerprint density at radius 2 is 2.10 bits per heavy atom. The summed E-state index contributed by atoms with van der Waals surface area (Å²) in [5, 5.41) is 17.2. The normalized spacial score (nSPS) is 21.1. The van der Waals surface area contributed by atoms with E-state index in [1.54, 1.807) is 6.20 Å². The number of likely N-dealkylation sites (tertiary alicyclic amines) is 1. The third kappa shape index (κ3) is 7.73. The molecule has 0 bridgehead atoms. The summed E-state index contributed by atoms with van der Waals surface area (Å²) in [5.41, 5.74) is 0. The number of anilines is 1. The second kappa shape index (κ2) is 12.8. The van der Waals surface area contributed by atoms with E-state index in [1.807, 2.05) is 12.1 Å². The Labute approximate surface area is 196 Å². The fraction of sp³-hybridized carbons (Fsp3) is 0.700. The van der Waals surface area contributed by atoms with Crippen LogP contribution in [-0.2, 0) is 0 Å². The quantitative estimate of drug-likeness (QED) is 0.215. The third-order valence-electron chi connectivity index (χ3n) is 5.37. The molecule has 1 aromatic heterocycles. The zero-order valence-corrected chi connectivity index (χ0v) is 20.3. The predicted octanol–water partition coefficient (Wildman–Crippen LogP) is 2.33. The number of hydrogen-bond acceptors (Lipinski definition) is 5. The van der Waals surface area contributed by atoms with E-state index in [2.05, 4.69) is 32.3 Å². The molecule has 3 N–H and O–H groups in total. The van der Waals surface area contributed by atoms with Crippen LogP contribution in [0.15, 0.2) is 23.3 Å². The third-order valence-corrected chi connectivity index (χ3v) is 5.67. The number of halogens is 2. The van der Waals surface area contributed by atoms with Crippen molar-refractivity contribution in [3.05, 3.63) is 23.4 Å². The molecule has 0 aliphatic carbocycles. The Kier molecular flexibility index (Phi) is 10.8. The minimum Gasteiger partial charge on any atom is -0.393 e. The maximum atomic E-state index is 9.59. The van der Waals surface area contributed by atoms with Crippen LogP contribution < -0.4 is 15.5 Å². The molecule has 3 rings (SSSR count). The highest BCUT2D eigenvalue weighted by molar-refractivity contribution is 14.0. The lowest BCUT2D eigenvalue weighted by molar-refractivity contribution is 0.0824. The zero-order valence-electron chi connectivity index (χ0n) is 17.2. The van der Waals surface area contributed by atoms with Gasteiger partial charge in [0.25, 0.3) is 0 Å². The molecule has 29 heavy (non-hydrogen) atoms. The van der Waals surface area contributed by atoms with Gasteiger partial charge < -0.3 is 25.5 Å². The molecule has 2 fully saturated rings. The molecule has 9 heteroatoms. The molecule has 1 atom stereocenters. The van der Waals surface area contributed by atoms with Crippen molar-refractivity contribution in [1.29, 1.82) is 0 Å². The van der Waals surface area contributed by atoms with Gasteiger partial charge in [0.15, 0.2) is 5.96 Å². The van der Waals surface area contributed by atoms with E-state index in [9.17, 15) is 5.11 Å². The van der Waals surface area contributed by atoms with E-state index in [1.165, 1.54) is 0 Å². The molecule has 3 heterocycles. The molecule has 0 saturated carbocycles. The minimum absolute atomic E-state index is 0. The lowest BCUT2D eigenvalue weighted by atomic mass is 10.1. The van der Waals surface area contributed by atoms with Crippen molar-refractivity contribution in [2.24, 2.45) is 4.99 Å². The number of guanidine groups is 1. The van der Waals surface area contributed by atoms with Gasteiger partial charge in [-0.1, -0.05) is 11.6 Å². The molecular weight excluding hydrogens is 503 g/mol. The van der Waals surface area contributed by atoms with Crippen molar-refractivity contribution in [1.82, 2.24) is 20.5 Å². The van der Waals surface area contributed by atoms with Crippen molar-refractivity contribution in [3.63, 3.8) is 0 Å². The second-order valence-corrected chi connectivity index (χ2v) is 7.98. The fourth-order valence-electron chi connectivity index (χ4n) is 3.82. The topological polar surface area (TPSA) is 76.0 Å². The van der Waals surface area contributed by atoms with Gasteiger partial charge in [-0.05, 0) is 51.3 Å². The van der Waals surface area contributed by atoms with Crippen molar-refractivity contribution in [3.8, 4) is 0 Å². The molecule has 0 spiro atoms. The van der Waals surface area contributed by atoms with Crippen molar-refractivity contribution >= 4 is 47.4 Å². The number of hydrogen-bond donors (Lipinski definition) is 3. The molecule has 0 amide bonds. The molecule has 1 unspecified atom stereocenters. The summed E-state index contributed by atoms with van der Waals surface area (Å²) >= 11 is 6.29. The van der Waals surface area contributed by atoms with Gasteiger partial charge in [-0.15, -0.1) is 24.0 Å². The SMILES string of the molecule is CCNC(=NCCCN1CCC(O)CC1)NC1CCN(c2ncccc2Cl)C1.I. The van der Waals surface area contributed by atoms with Crippen molar-refractivity contribution in [2.45, 2.75) is 44.8 Å². The average Bonchev–Trinajstić information content (AvgIpc) is 3.15. The Balaban J connectivity index is 0.00000300. The summed E-state index contributed by atoms with van der Waals surface area (Å²) in [6.45, 7) is 8.59. The van der Waals surface area contributed by atoms with Crippen LogP contribution >= 0.6 is 35.6 Å². The minimum atomic E-state index is -0.106. The fourth-order valence-corrected chi connectivity index (χ4v) is 4.06. The smallest absolute Gasteiger partial charge is 0.191 e. The maximum absolute atomic E-state index is 9.59. The van der Waals surface area contributed by atoms with Gasteiger partial charge >= 0.3 is 0 Å². The van der Waals surface area contributed by atoms with Crippen LogP contribution in [0, 0.1) is 0 Å². The zero-order chi connectivity index (χ0) is 19.8.